The number of nitriles is 1. The van der Waals surface area contributed by atoms with Crippen molar-refractivity contribution in [1.82, 2.24) is 34.6 Å². The van der Waals surface area contributed by atoms with E-state index in [0.29, 0.717) is 23.8 Å². The number of aromatic amines is 1. The summed E-state index contributed by atoms with van der Waals surface area (Å²) in [6.07, 6.45) is 8.75. The number of hydrogen-bond donors (Lipinski definition) is 3. The first kappa shape index (κ1) is 23.0. The van der Waals surface area contributed by atoms with Gasteiger partial charge in [-0.1, -0.05) is 13.0 Å². The third-order valence-electron chi connectivity index (χ3n) is 6.74. The van der Waals surface area contributed by atoms with E-state index in [1.807, 2.05) is 41.1 Å². The fourth-order valence-corrected chi connectivity index (χ4v) is 4.78. The highest BCUT2D eigenvalue weighted by Crippen LogP contribution is 2.22. The SMILES string of the molecule is CCc1cn2c(C#N)c(N)cc(CNCC3CCN(Cc4cnc(-c5ccccn5)[nH]4)CC3)c2n1. The predicted molar refractivity (Wildman–Crippen MR) is 135 cm³/mol. The Kier molecular flexibility index (Phi) is 6.75. The lowest BCUT2D eigenvalue weighted by molar-refractivity contribution is 0.174. The molecule has 0 unspecified atom stereocenters. The smallest absolute Gasteiger partial charge is 0.156 e. The minimum absolute atomic E-state index is 0.452. The Balaban J connectivity index is 1.13. The molecule has 0 aromatic carbocycles. The summed E-state index contributed by atoms with van der Waals surface area (Å²) >= 11 is 0. The number of piperidine rings is 1. The Morgan fingerprint density at radius 2 is 2.11 bits per heavy atom. The van der Waals surface area contributed by atoms with Crippen molar-refractivity contribution in [3.63, 3.8) is 0 Å². The van der Waals surface area contributed by atoms with Crippen molar-refractivity contribution in [1.29, 1.82) is 5.26 Å². The average molecular weight is 470 g/mol. The van der Waals surface area contributed by atoms with Gasteiger partial charge in [-0.25, -0.2) is 9.97 Å². The van der Waals surface area contributed by atoms with E-state index in [2.05, 4.69) is 38.2 Å². The number of hydrogen-bond acceptors (Lipinski definition) is 7. The third-order valence-corrected chi connectivity index (χ3v) is 6.74. The Bertz CT molecular complexity index is 1320. The first-order valence-corrected chi connectivity index (χ1v) is 12.2. The number of H-pyrrole nitrogens is 1. The second-order valence-electron chi connectivity index (χ2n) is 9.19. The van der Waals surface area contributed by atoms with Crippen molar-refractivity contribution >= 4 is 11.3 Å². The maximum absolute atomic E-state index is 9.50. The van der Waals surface area contributed by atoms with E-state index >= 15 is 0 Å². The molecule has 0 atom stereocenters. The highest BCUT2D eigenvalue weighted by Gasteiger charge is 2.20. The van der Waals surface area contributed by atoms with Crippen molar-refractivity contribution in [2.24, 2.45) is 5.92 Å². The van der Waals surface area contributed by atoms with E-state index in [1.165, 1.54) is 0 Å². The number of fused-ring (bicyclic) bond motifs is 1. The second-order valence-corrected chi connectivity index (χ2v) is 9.19. The molecule has 0 radical (unpaired) electrons. The van der Waals surface area contributed by atoms with Crippen molar-refractivity contribution in [3.8, 4) is 17.6 Å². The molecule has 0 spiro atoms. The maximum atomic E-state index is 9.50. The molecule has 4 N–H and O–H groups in total. The van der Waals surface area contributed by atoms with E-state index in [1.54, 1.807) is 6.20 Å². The molecule has 9 nitrogen and oxygen atoms in total. The lowest BCUT2D eigenvalue weighted by atomic mass is 9.96. The number of nitrogens with zero attached hydrogens (tertiary/aromatic N) is 6. The zero-order valence-electron chi connectivity index (χ0n) is 20.0. The molecule has 5 heterocycles. The Morgan fingerprint density at radius 1 is 1.26 bits per heavy atom. The standard InChI is InChI=1S/C26H31N9/c1-2-20-17-35-24(12-27)22(28)11-19(26(35)33-20)14-29-13-18-6-9-34(10-7-18)16-21-15-31-25(32-21)23-5-3-4-8-30-23/h3-5,8,11,15,17-18,29H,2,6-7,9-10,13-14,16,28H2,1H3,(H,31,32). The topological polar surface area (TPSA) is 124 Å². The number of aromatic nitrogens is 5. The molecule has 0 saturated carbocycles. The summed E-state index contributed by atoms with van der Waals surface area (Å²) in [7, 11) is 0. The normalized spacial score (nSPS) is 15.0. The van der Waals surface area contributed by atoms with Crippen LogP contribution >= 0.6 is 0 Å². The van der Waals surface area contributed by atoms with Crippen LogP contribution in [-0.2, 0) is 19.5 Å². The van der Waals surface area contributed by atoms with Crippen LogP contribution in [-0.4, -0.2) is 48.9 Å². The van der Waals surface area contributed by atoms with Gasteiger partial charge in [-0.3, -0.25) is 14.3 Å². The lowest BCUT2D eigenvalue weighted by Gasteiger charge is -2.31. The lowest BCUT2D eigenvalue weighted by Crippen LogP contribution is -2.36. The number of anilines is 1. The van der Waals surface area contributed by atoms with E-state index in [4.69, 9.17) is 10.7 Å². The van der Waals surface area contributed by atoms with Crippen LogP contribution in [0.2, 0.25) is 0 Å². The van der Waals surface area contributed by atoms with Crippen LogP contribution in [0.25, 0.3) is 17.2 Å². The van der Waals surface area contributed by atoms with Gasteiger partial charge in [0, 0.05) is 36.7 Å². The van der Waals surface area contributed by atoms with Crippen LogP contribution in [0, 0.1) is 17.2 Å². The number of imidazole rings is 2. The number of nitrogen functional groups attached to an aromatic ring is 1. The molecule has 4 aromatic heterocycles. The molecule has 4 aromatic rings. The average Bonchev–Trinajstić information content (AvgIpc) is 3.53. The first-order valence-electron chi connectivity index (χ1n) is 12.2. The molecular weight excluding hydrogens is 438 g/mol. The monoisotopic (exact) mass is 469 g/mol. The van der Waals surface area contributed by atoms with Gasteiger partial charge in [-0.05, 0) is 63.0 Å². The van der Waals surface area contributed by atoms with E-state index in [9.17, 15) is 5.26 Å². The number of likely N-dealkylation sites (tertiary alicyclic amines) is 1. The molecule has 180 valence electrons. The minimum Gasteiger partial charge on any atom is -0.396 e. The minimum atomic E-state index is 0.452. The van der Waals surface area contributed by atoms with Crippen LogP contribution in [0.4, 0.5) is 5.69 Å². The van der Waals surface area contributed by atoms with Gasteiger partial charge >= 0.3 is 0 Å². The van der Waals surface area contributed by atoms with Gasteiger partial charge < -0.3 is 16.0 Å². The van der Waals surface area contributed by atoms with Gasteiger partial charge in [-0.2, -0.15) is 5.26 Å². The molecule has 5 rings (SSSR count). The summed E-state index contributed by atoms with van der Waals surface area (Å²) in [6, 6.07) is 9.94. The van der Waals surface area contributed by atoms with Crippen LogP contribution in [0.3, 0.4) is 0 Å². The first-order chi connectivity index (χ1) is 17.1. The number of nitrogens with two attached hydrogens (primary N) is 1. The van der Waals surface area contributed by atoms with Crippen molar-refractivity contribution in [2.75, 3.05) is 25.4 Å². The van der Waals surface area contributed by atoms with Gasteiger partial charge in [0.15, 0.2) is 5.82 Å². The van der Waals surface area contributed by atoms with Crippen molar-refractivity contribution in [2.45, 2.75) is 39.3 Å². The zero-order valence-corrected chi connectivity index (χ0v) is 20.0. The quantitative estimate of drug-likeness (QED) is 0.362. The Labute approximate surface area is 205 Å². The molecule has 9 heteroatoms. The maximum Gasteiger partial charge on any atom is 0.156 e. The van der Waals surface area contributed by atoms with Crippen LogP contribution in [0.1, 0.15) is 42.4 Å². The van der Waals surface area contributed by atoms with E-state index in [-0.39, 0.29) is 0 Å². The van der Waals surface area contributed by atoms with Gasteiger partial charge in [0.1, 0.15) is 23.1 Å². The van der Waals surface area contributed by atoms with E-state index < -0.39 is 0 Å². The van der Waals surface area contributed by atoms with Crippen LogP contribution in [0.15, 0.2) is 42.9 Å². The number of nitrogens with one attached hydrogen (secondary N) is 2. The molecule has 1 saturated heterocycles. The molecular formula is C26H31N9. The number of aryl methyl sites for hydroxylation is 1. The van der Waals surface area contributed by atoms with Crippen LogP contribution in [0.5, 0.6) is 0 Å². The Morgan fingerprint density at radius 3 is 2.86 bits per heavy atom. The third kappa shape index (κ3) is 5.04. The molecule has 0 bridgehead atoms. The summed E-state index contributed by atoms with van der Waals surface area (Å²) in [5.74, 6) is 1.45. The van der Waals surface area contributed by atoms with Gasteiger partial charge in [-0.15, -0.1) is 0 Å². The van der Waals surface area contributed by atoms with Gasteiger partial charge in [0.2, 0.25) is 0 Å². The fraction of sp³-hybridized carbons (Fsp3) is 0.385. The van der Waals surface area contributed by atoms with Gasteiger partial charge in [0.05, 0.1) is 17.6 Å². The molecule has 1 fully saturated rings. The largest absolute Gasteiger partial charge is 0.396 e. The molecule has 0 amide bonds. The molecule has 0 aliphatic carbocycles. The summed E-state index contributed by atoms with van der Waals surface area (Å²) < 4.78 is 1.83. The molecule has 1 aliphatic heterocycles. The molecule has 1 aliphatic rings. The number of rotatable bonds is 8. The highest BCUT2D eigenvalue weighted by molar-refractivity contribution is 5.63. The van der Waals surface area contributed by atoms with Crippen LogP contribution < -0.4 is 11.1 Å². The van der Waals surface area contributed by atoms with Crippen molar-refractivity contribution in [3.05, 3.63) is 65.5 Å². The second kappa shape index (κ2) is 10.3. The number of pyridine rings is 2. The summed E-state index contributed by atoms with van der Waals surface area (Å²) in [5.41, 5.74) is 11.9. The summed E-state index contributed by atoms with van der Waals surface area (Å²) in [6.45, 7) is 6.71. The van der Waals surface area contributed by atoms with Gasteiger partial charge in [0.25, 0.3) is 0 Å². The Hall–Kier alpha value is -3.74. The zero-order chi connectivity index (χ0) is 24.2. The summed E-state index contributed by atoms with van der Waals surface area (Å²) in [4.78, 5) is 19.5. The fourth-order valence-electron chi connectivity index (χ4n) is 4.78. The summed E-state index contributed by atoms with van der Waals surface area (Å²) in [5, 5.41) is 13.1. The van der Waals surface area contributed by atoms with Crippen molar-refractivity contribution < 1.29 is 0 Å². The predicted octanol–water partition coefficient (Wildman–Crippen LogP) is 3.14. The molecule has 35 heavy (non-hydrogen) atoms. The van der Waals surface area contributed by atoms with E-state index in [0.717, 1.165) is 79.6 Å². The highest BCUT2D eigenvalue weighted by atomic mass is 15.1.